The minimum Gasteiger partial charge on any atom is -0.489 e. The molecule has 4 aromatic rings. The Balaban J connectivity index is 1.38. The van der Waals surface area contributed by atoms with Crippen LogP contribution in [-0.2, 0) is 6.61 Å². The van der Waals surface area contributed by atoms with Crippen molar-refractivity contribution in [2.24, 2.45) is 0 Å². The normalized spacial score (nSPS) is 10.5. The molecule has 0 aliphatic heterocycles. The van der Waals surface area contributed by atoms with Crippen LogP contribution in [0.3, 0.4) is 0 Å². The molecule has 0 atom stereocenters. The van der Waals surface area contributed by atoms with Gasteiger partial charge >= 0.3 is 5.97 Å². The summed E-state index contributed by atoms with van der Waals surface area (Å²) in [6.07, 6.45) is 0. The first kappa shape index (κ1) is 21.0. The monoisotopic (exact) mass is 447 g/mol. The van der Waals surface area contributed by atoms with Crippen LogP contribution in [0.1, 0.15) is 15.9 Å². The molecule has 1 aromatic heterocycles. The molecule has 0 saturated carbocycles. The number of ether oxygens (including phenoxy) is 1. The predicted molar refractivity (Wildman–Crippen MR) is 122 cm³/mol. The number of rotatable bonds is 8. The second-order valence-electron chi connectivity index (χ2n) is 6.79. The molecule has 160 valence electrons. The number of anilines is 2. The third-order valence-corrected chi connectivity index (χ3v) is 5.33. The molecule has 0 amide bonds. The third-order valence-electron chi connectivity index (χ3n) is 4.57. The van der Waals surface area contributed by atoms with Gasteiger partial charge in [-0.15, -0.1) is 11.3 Å². The van der Waals surface area contributed by atoms with Crippen molar-refractivity contribution in [1.29, 1.82) is 0 Å². The van der Waals surface area contributed by atoms with E-state index in [2.05, 4.69) is 10.3 Å². The van der Waals surface area contributed by atoms with Gasteiger partial charge in [0.2, 0.25) is 0 Å². The van der Waals surface area contributed by atoms with Gasteiger partial charge in [-0.25, -0.2) is 9.78 Å². The molecule has 9 heteroatoms. The van der Waals surface area contributed by atoms with E-state index >= 15 is 0 Å². The maximum atomic E-state index is 11.1. The van der Waals surface area contributed by atoms with Crippen LogP contribution in [0.2, 0.25) is 0 Å². The van der Waals surface area contributed by atoms with Gasteiger partial charge in [0.05, 0.1) is 16.2 Å². The maximum Gasteiger partial charge on any atom is 0.335 e. The van der Waals surface area contributed by atoms with Gasteiger partial charge in [-0.2, -0.15) is 0 Å². The average Bonchev–Trinajstić information content (AvgIpc) is 3.27. The number of benzene rings is 3. The molecule has 3 aromatic carbocycles. The Hall–Kier alpha value is -4.24. The number of aromatic nitrogens is 1. The van der Waals surface area contributed by atoms with Gasteiger partial charge < -0.3 is 15.2 Å². The van der Waals surface area contributed by atoms with E-state index in [1.807, 2.05) is 29.6 Å². The molecule has 4 rings (SSSR count). The number of thiazole rings is 1. The molecule has 0 spiro atoms. The van der Waals surface area contributed by atoms with Gasteiger partial charge in [-0.05, 0) is 60.2 Å². The molecule has 0 bridgehead atoms. The van der Waals surface area contributed by atoms with Crippen molar-refractivity contribution in [3.63, 3.8) is 0 Å². The zero-order valence-corrected chi connectivity index (χ0v) is 17.4. The molecular formula is C23H17N3O5S. The topological polar surface area (TPSA) is 115 Å². The largest absolute Gasteiger partial charge is 0.489 e. The summed E-state index contributed by atoms with van der Waals surface area (Å²) < 4.78 is 5.75. The number of carbonyl (C=O) groups is 1. The van der Waals surface area contributed by atoms with Gasteiger partial charge in [0.15, 0.2) is 5.13 Å². The molecular weight excluding hydrogens is 430 g/mol. The highest BCUT2D eigenvalue weighted by atomic mass is 32.1. The molecule has 2 N–H and O–H groups in total. The summed E-state index contributed by atoms with van der Waals surface area (Å²) >= 11 is 1.42. The minimum absolute atomic E-state index is 0.0461. The summed E-state index contributed by atoms with van der Waals surface area (Å²) in [4.78, 5) is 26.0. The molecule has 0 saturated heterocycles. The molecule has 0 unspecified atom stereocenters. The smallest absolute Gasteiger partial charge is 0.335 e. The second-order valence-corrected chi connectivity index (χ2v) is 7.64. The summed E-state index contributed by atoms with van der Waals surface area (Å²) in [6.45, 7) is 0.303. The van der Waals surface area contributed by atoms with E-state index in [0.29, 0.717) is 23.2 Å². The van der Waals surface area contributed by atoms with E-state index in [0.717, 1.165) is 16.8 Å². The van der Waals surface area contributed by atoms with Crippen LogP contribution in [-0.4, -0.2) is 21.0 Å². The van der Waals surface area contributed by atoms with Crippen molar-refractivity contribution >= 4 is 33.8 Å². The number of carboxylic acids is 1. The van der Waals surface area contributed by atoms with Crippen molar-refractivity contribution in [1.82, 2.24) is 4.98 Å². The van der Waals surface area contributed by atoms with Crippen LogP contribution < -0.4 is 10.1 Å². The quantitative estimate of drug-likeness (QED) is 0.261. The first-order valence-corrected chi connectivity index (χ1v) is 10.4. The number of non-ortho nitro benzene ring substituents is 1. The number of hydrogen-bond donors (Lipinski definition) is 2. The zero-order valence-electron chi connectivity index (χ0n) is 16.6. The second kappa shape index (κ2) is 9.27. The molecule has 0 fully saturated rings. The fourth-order valence-corrected chi connectivity index (χ4v) is 3.66. The lowest BCUT2D eigenvalue weighted by Crippen LogP contribution is -1.97. The highest BCUT2D eigenvalue weighted by molar-refractivity contribution is 7.14. The fourth-order valence-electron chi connectivity index (χ4n) is 2.92. The highest BCUT2D eigenvalue weighted by Crippen LogP contribution is 2.29. The summed E-state index contributed by atoms with van der Waals surface area (Å²) in [5.41, 5.74) is 3.44. The van der Waals surface area contributed by atoms with Gasteiger partial charge in [-0.1, -0.05) is 6.07 Å². The van der Waals surface area contributed by atoms with Crippen molar-refractivity contribution in [2.75, 3.05) is 5.32 Å². The Kier molecular flexibility index (Phi) is 6.09. The Morgan fingerprint density at radius 2 is 1.84 bits per heavy atom. The number of nitrogens with one attached hydrogen (secondary N) is 1. The summed E-state index contributed by atoms with van der Waals surface area (Å²) in [5.74, 6) is -0.310. The van der Waals surface area contributed by atoms with Crippen LogP contribution in [0.15, 0.2) is 78.2 Å². The van der Waals surface area contributed by atoms with Gasteiger partial charge in [0.1, 0.15) is 12.4 Å². The Morgan fingerprint density at radius 1 is 1.09 bits per heavy atom. The van der Waals surface area contributed by atoms with Crippen LogP contribution in [0.25, 0.3) is 11.3 Å². The van der Waals surface area contributed by atoms with Gasteiger partial charge in [0.25, 0.3) is 5.69 Å². The first-order valence-electron chi connectivity index (χ1n) is 9.50. The van der Waals surface area contributed by atoms with Gasteiger partial charge in [-0.3, -0.25) is 10.1 Å². The Labute approximate surface area is 186 Å². The van der Waals surface area contributed by atoms with Crippen LogP contribution in [0, 0.1) is 10.1 Å². The van der Waals surface area contributed by atoms with E-state index in [9.17, 15) is 14.9 Å². The lowest BCUT2D eigenvalue weighted by molar-refractivity contribution is -0.384. The van der Waals surface area contributed by atoms with Crippen molar-refractivity contribution in [3.05, 3.63) is 99.4 Å². The standard InChI is InChI=1S/C23H17N3O5S/c27-22(28)17-2-1-3-18(12-17)24-23-25-21(14-32-23)16-6-10-20(11-7-16)31-13-15-4-8-19(9-5-15)26(29)30/h1-12,14H,13H2,(H,24,25)(H,27,28). The van der Waals surface area contributed by atoms with Crippen LogP contribution in [0.4, 0.5) is 16.5 Å². The maximum absolute atomic E-state index is 11.1. The summed E-state index contributed by atoms with van der Waals surface area (Å²) in [7, 11) is 0. The lowest BCUT2D eigenvalue weighted by atomic mass is 10.2. The zero-order chi connectivity index (χ0) is 22.5. The molecule has 8 nitrogen and oxygen atoms in total. The molecule has 0 aliphatic rings. The minimum atomic E-state index is -0.982. The number of aromatic carboxylic acids is 1. The number of carboxylic acid groups (broad SMARTS) is 1. The van der Waals surface area contributed by atoms with E-state index in [1.54, 1.807) is 30.3 Å². The van der Waals surface area contributed by atoms with Crippen LogP contribution in [0.5, 0.6) is 5.75 Å². The number of nitro benzene ring substituents is 1. The summed E-state index contributed by atoms with van der Waals surface area (Å²) in [6, 6.07) is 20.3. The predicted octanol–water partition coefficient (Wildman–Crippen LogP) is 5.74. The molecule has 0 radical (unpaired) electrons. The Morgan fingerprint density at radius 3 is 2.53 bits per heavy atom. The van der Waals surface area contributed by atoms with Crippen molar-refractivity contribution in [2.45, 2.75) is 6.61 Å². The molecule has 32 heavy (non-hydrogen) atoms. The van der Waals surface area contributed by atoms with Gasteiger partial charge in [0, 0.05) is 28.8 Å². The highest BCUT2D eigenvalue weighted by Gasteiger charge is 2.08. The molecule has 1 heterocycles. The fraction of sp³-hybridized carbons (Fsp3) is 0.0435. The molecule has 0 aliphatic carbocycles. The number of hydrogen-bond acceptors (Lipinski definition) is 7. The van der Waals surface area contributed by atoms with Crippen LogP contribution >= 0.6 is 11.3 Å². The third kappa shape index (κ3) is 5.08. The average molecular weight is 447 g/mol. The summed E-state index contributed by atoms with van der Waals surface area (Å²) in [5, 5.41) is 25.5. The van der Waals surface area contributed by atoms with E-state index in [4.69, 9.17) is 9.84 Å². The van der Waals surface area contributed by atoms with Crippen molar-refractivity contribution in [3.8, 4) is 17.0 Å². The number of nitrogens with zero attached hydrogens (tertiary/aromatic N) is 2. The van der Waals surface area contributed by atoms with E-state index < -0.39 is 10.9 Å². The van der Waals surface area contributed by atoms with Crippen molar-refractivity contribution < 1.29 is 19.6 Å². The van der Waals surface area contributed by atoms with E-state index in [-0.39, 0.29) is 11.3 Å². The lowest BCUT2D eigenvalue weighted by Gasteiger charge is -2.07. The number of nitro groups is 1. The SMILES string of the molecule is O=C(O)c1cccc(Nc2nc(-c3ccc(OCc4ccc([N+](=O)[O-])cc4)cc3)cs2)c1. The first-order chi connectivity index (χ1) is 15.5. The van der Waals surface area contributed by atoms with E-state index in [1.165, 1.54) is 29.5 Å². The Bertz CT molecular complexity index is 1250.